The predicted molar refractivity (Wildman–Crippen MR) is 414 cm³/mol. The first kappa shape index (κ1) is 99.1. The molecule has 0 fully saturated rings. The van der Waals surface area contributed by atoms with E-state index in [0.29, 0.717) is 25.7 Å². The van der Waals surface area contributed by atoms with Crippen molar-refractivity contribution >= 4 is 39.5 Å². The lowest BCUT2D eigenvalue weighted by atomic mass is 9.99. The lowest BCUT2D eigenvalue weighted by Crippen LogP contribution is -2.30. The molecule has 7 atom stereocenters. The average molecular weight is 1480 g/mol. The number of ether oxygens (including phenoxy) is 4. The molecule has 0 aromatic heterocycles. The molecule has 0 aromatic rings. The third-order valence-electron chi connectivity index (χ3n) is 19.9. The number of carbonyl (C=O) groups is 4. The summed E-state index contributed by atoms with van der Waals surface area (Å²) in [6.45, 7) is 12.0. The Morgan fingerprint density at radius 3 is 0.752 bits per heavy atom. The highest BCUT2D eigenvalue weighted by Gasteiger charge is 2.30. The number of aliphatic hydroxyl groups is 1. The van der Waals surface area contributed by atoms with Gasteiger partial charge in [0.05, 0.1) is 26.4 Å². The summed E-state index contributed by atoms with van der Waals surface area (Å²) in [6.07, 6.45) is 60.9. The van der Waals surface area contributed by atoms with Gasteiger partial charge in [-0.1, -0.05) is 376 Å². The number of phosphoric acid groups is 2. The molecule has 0 aromatic carbocycles. The summed E-state index contributed by atoms with van der Waals surface area (Å²) >= 11 is 0. The molecule has 600 valence electrons. The zero-order chi connectivity index (χ0) is 74.4. The Morgan fingerprint density at radius 1 is 0.287 bits per heavy atom. The molecule has 0 bridgehead atoms. The van der Waals surface area contributed by atoms with Crippen LogP contribution >= 0.6 is 15.6 Å². The smallest absolute Gasteiger partial charge is 0.462 e. The van der Waals surface area contributed by atoms with E-state index in [1.807, 2.05) is 0 Å². The molecule has 0 aliphatic rings. The minimum absolute atomic E-state index is 0.106. The van der Waals surface area contributed by atoms with Crippen LogP contribution in [0.4, 0.5) is 0 Å². The van der Waals surface area contributed by atoms with Crippen LogP contribution in [0.5, 0.6) is 0 Å². The first-order valence-corrected chi connectivity index (χ1v) is 45.4. The fourth-order valence-corrected chi connectivity index (χ4v) is 14.2. The minimum Gasteiger partial charge on any atom is -0.462 e. The maximum Gasteiger partial charge on any atom is 0.472 e. The van der Waals surface area contributed by atoms with Gasteiger partial charge in [-0.25, -0.2) is 9.13 Å². The fraction of sp³-hybridized carbons (Fsp3) is 0.951. The number of carbonyl (C=O) groups excluding carboxylic acids is 4. The van der Waals surface area contributed by atoms with Crippen molar-refractivity contribution in [3.8, 4) is 0 Å². The van der Waals surface area contributed by atoms with Gasteiger partial charge in [0.2, 0.25) is 0 Å². The van der Waals surface area contributed by atoms with Crippen molar-refractivity contribution in [1.29, 1.82) is 0 Å². The summed E-state index contributed by atoms with van der Waals surface area (Å²) in [5, 5.41) is 10.7. The Hall–Kier alpha value is -1.94. The molecule has 0 radical (unpaired) electrons. The summed E-state index contributed by atoms with van der Waals surface area (Å²) in [4.78, 5) is 73.1. The highest BCUT2D eigenvalue weighted by molar-refractivity contribution is 7.47. The van der Waals surface area contributed by atoms with Gasteiger partial charge in [0.25, 0.3) is 0 Å². The second-order valence-electron chi connectivity index (χ2n) is 30.5. The first-order valence-electron chi connectivity index (χ1n) is 42.4. The summed E-state index contributed by atoms with van der Waals surface area (Å²) in [7, 11) is -9.92. The maximum atomic E-state index is 13.1. The fourth-order valence-electron chi connectivity index (χ4n) is 12.6. The van der Waals surface area contributed by atoms with Crippen molar-refractivity contribution in [3.63, 3.8) is 0 Å². The maximum absolute atomic E-state index is 13.1. The van der Waals surface area contributed by atoms with Gasteiger partial charge in [-0.15, -0.1) is 0 Å². The van der Waals surface area contributed by atoms with Crippen molar-refractivity contribution in [2.45, 2.75) is 446 Å². The van der Waals surface area contributed by atoms with E-state index >= 15 is 0 Å². The van der Waals surface area contributed by atoms with Gasteiger partial charge in [0.1, 0.15) is 19.3 Å². The van der Waals surface area contributed by atoms with E-state index in [1.54, 1.807) is 0 Å². The SMILES string of the molecule is CCCCCCCCCCCCCCCCCCCCC(=O)OC[C@H](COP(=O)(O)OC[C@@H](O)COP(=O)(O)OC[C@@H](COC(=O)CCCCCCCCCCC(C)CC)OC(=O)CCCCCCCCCCCCC(C)C)OC(=O)CCCCCCCCCCCCCCCCC(C)CC. The molecule has 3 N–H and O–H groups in total. The Balaban J connectivity index is 5.26. The zero-order valence-electron chi connectivity index (χ0n) is 66.4. The van der Waals surface area contributed by atoms with E-state index in [1.165, 1.54) is 238 Å². The Kier molecular flexibility index (Phi) is 70.9. The Morgan fingerprint density at radius 2 is 0.505 bits per heavy atom. The lowest BCUT2D eigenvalue weighted by Gasteiger charge is -2.21. The highest BCUT2D eigenvalue weighted by Crippen LogP contribution is 2.45. The molecule has 0 spiro atoms. The summed E-state index contributed by atoms with van der Waals surface area (Å²) in [5.41, 5.74) is 0. The Bertz CT molecular complexity index is 1960. The number of esters is 4. The van der Waals surface area contributed by atoms with Crippen LogP contribution in [0.2, 0.25) is 0 Å². The van der Waals surface area contributed by atoms with Crippen LogP contribution in [-0.2, 0) is 65.4 Å². The van der Waals surface area contributed by atoms with Gasteiger partial charge < -0.3 is 33.8 Å². The number of unbranched alkanes of at least 4 members (excludes halogenated alkanes) is 46. The van der Waals surface area contributed by atoms with Gasteiger partial charge in [-0.05, 0) is 43.4 Å². The van der Waals surface area contributed by atoms with Crippen LogP contribution < -0.4 is 0 Å². The van der Waals surface area contributed by atoms with Crippen LogP contribution in [0, 0.1) is 17.8 Å². The van der Waals surface area contributed by atoms with Crippen molar-refractivity contribution in [1.82, 2.24) is 0 Å². The number of phosphoric ester groups is 2. The van der Waals surface area contributed by atoms with Crippen LogP contribution in [0.15, 0.2) is 0 Å². The molecule has 0 rings (SSSR count). The lowest BCUT2D eigenvalue weighted by molar-refractivity contribution is -0.161. The van der Waals surface area contributed by atoms with Crippen LogP contribution in [0.3, 0.4) is 0 Å². The quantitative estimate of drug-likeness (QED) is 0.0222. The Labute approximate surface area is 619 Å². The van der Waals surface area contributed by atoms with Gasteiger partial charge in [-0.3, -0.25) is 37.3 Å². The topological polar surface area (TPSA) is 237 Å². The summed E-state index contributed by atoms with van der Waals surface area (Å²) < 4.78 is 68.8. The second-order valence-corrected chi connectivity index (χ2v) is 33.4. The molecular weight excluding hydrogens is 1320 g/mol. The van der Waals surface area contributed by atoms with Crippen molar-refractivity contribution in [2.75, 3.05) is 39.6 Å². The van der Waals surface area contributed by atoms with E-state index in [0.717, 1.165) is 108 Å². The van der Waals surface area contributed by atoms with E-state index in [2.05, 4.69) is 48.5 Å². The standard InChI is InChI=1S/C82H160O17P2/c1-8-11-12-13-14-15-16-17-18-19-20-21-25-28-34-42-49-56-63-79(84)92-69-77(98-81(86)65-58-51-44-35-29-26-23-22-24-27-33-40-47-54-61-74(6)9-2)71-96-100(88,89)94-67-76(83)68-95-101(90,91)97-72-78(70-93-80(85)64-57-50-43-38-37-41-48-55-62-75(7)10-3)99-82(87)66-59-52-45-36-31-30-32-39-46-53-60-73(4)5/h73-78,83H,8-72H2,1-7H3,(H,88,89)(H,90,91)/t74?,75?,76-,77-,78-/m1/s1. The largest absolute Gasteiger partial charge is 0.472 e. The van der Waals surface area contributed by atoms with Gasteiger partial charge in [0, 0.05) is 25.7 Å². The zero-order valence-corrected chi connectivity index (χ0v) is 68.2. The van der Waals surface area contributed by atoms with E-state index in [4.69, 9.17) is 37.0 Å². The van der Waals surface area contributed by atoms with E-state index in [9.17, 15) is 43.2 Å². The molecule has 0 saturated heterocycles. The predicted octanol–water partition coefficient (Wildman–Crippen LogP) is 24.5. The van der Waals surface area contributed by atoms with Crippen LogP contribution in [0.1, 0.15) is 427 Å². The van der Waals surface area contributed by atoms with Crippen LogP contribution in [-0.4, -0.2) is 96.7 Å². The molecule has 0 heterocycles. The van der Waals surface area contributed by atoms with Crippen molar-refractivity contribution in [3.05, 3.63) is 0 Å². The van der Waals surface area contributed by atoms with Gasteiger partial charge >= 0.3 is 39.5 Å². The minimum atomic E-state index is -4.96. The number of rotatable bonds is 80. The third-order valence-corrected chi connectivity index (χ3v) is 21.8. The molecular formula is C82H160O17P2. The highest BCUT2D eigenvalue weighted by atomic mass is 31.2. The van der Waals surface area contributed by atoms with E-state index in [-0.39, 0.29) is 25.7 Å². The van der Waals surface area contributed by atoms with E-state index < -0.39 is 97.5 Å². The molecule has 19 heteroatoms. The molecule has 17 nitrogen and oxygen atoms in total. The molecule has 4 unspecified atom stereocenters. The monoisotopic (exact) mass is 1480 g/mol. The summed E-state index contributed by atoms with van der Waals surface area (Å²) in [6, 6.07) is 0. The number of hydrogen-bond acceptors (Lipinski definition) is 15. The first-order chi connectivity index (χ1) is 48.8. The van der Waals surface area contributed by atoms with Gasteiger partial charge in [-0.2, -0.15) is 0 Å². The molecule has 0 aliphatic heterocycles. The van der Waals surface area contributed by atoms with Crippen molar-refractivity contribution < 1.29 is 80.2 Å². The molecule has 0 aliphatic carbocycles. The number of hydrogen-bond donors (Lipinski definition) is 3. The normalized spacial score (nSPS) is 14.5. The summed E-state index contributed by atoms with van der Waals surface area (Å²) in [5.74, 6) is 0.266. The molecule has 0 amide bonds. The van der Waals surface area contributed by atoms with Gasteiger partial charge in [0.15, 0.2) is 12.2 Å². The number of aliphatic hydroxyl groups excluding tert-OH is 1. The molecule has 0 saturated carbocycles. The molecule has 101 heavy (non-hydrogen) atoms. The second kappa shape index (κ2) is 72.3. The third kappa shape index (κ3) is 73.4. The van der Waals surface area contributed by atoms with Crippen molar-refractivity contribution in [2.24, 2.45) is 17.8 Å². The van der Waals surface area contributed by atoms with Crippen LogP contribution in [0.25, 0.3) is 0 Å². The average Bonchev–Trinajstić information content (AvgIpc) is 1.46.